The molecule has 3 aromatic rings. The molecular weight excluding hydrogens is 402 g/mol. The van der Waals surface area contributed by atoms with Gasteiger partial charge in [-0.1, -0.05) is 12.1 Å². The molecule has 0 radical (unpaired) electrons. The number of nitrogens with zero attached hydrogens (tertiary/aromatic N) is 3. The first kappa shape index (κ1) is 21.0. The van der Waals surface area contributed by atoms with E-state index in [2.05, 4.69) is 10.4 Å². The van der Waals surface area contributed by atoms with Crippen molar-refractivity contribution in [3.05, 3.63) is 75.6 Å². The van der Waals surface area contributed by atoms with Crippen LogP contribution in [0, 0.1) is 18.6 Å². The summed E-state index contributed by atoms with van der Waals surface area (Å²) in [7, 11) is 1.41. The number of benzene rings is 2. The van der Waals surface area contributed by atoms with Crippen LogP contribution in [0.4, 0.5) is 14.5 Å². The highest BCUT2D eigenvalue weighted by atomic mass is 19.1. The quantitative estimate of drug-likeness (QED) is 0.680. The van der Waals surface area contributed by atoms with E-state index in [9.17, 15) is 13.6 Å². The van der Waals surface area contributed by atoms with Crippen molar-refractivity contribution in [1.82, 2.24) is 15.1 Å². The molecule has 1 aliphatic rings. The van der Waals surface area contributed by atoms with Crippen LogP contribution in [0.5, 0.6) is 5.75 Å². The van der Waals surface area contributed by atoms with Gasteiger partial charge in [-0.2, -0.15) is 5.10 Å². The summed E-state index contributed by atoms with van der Waals surface area (Å²) in [6.07, 6.45) is 0. The van der Waals surface area contributed by atoms with Crippen molar-refractivity contribution >= 4 is 5.69 Å². The number of aromatic nitrogens is 2. The van der Waals surface area contributed by atoms with Gasteiger partial charge in [-0.3, -0.25) is 4.79 Å². The predicted octanol–water partition coefficient (Wildman–Crippen LogP) is 2.96. The van der Waals surface area contributed by atoms with E-state index >= 15 is 0 Å². The van der Waals surface area contributed by atoms with Crippen LogP contribution < -0.4 is 20.5 Å². The number of nitrogens with one attached hydrogen (secondary N) is 1. The molecule has 0 spiro atoms. The Morgan fingerprint density at radius 1 is 1.10 bits per heavy atom. The van der Waals surface area contributed by atoms with Crippen molar-refractivity contribution in [2.24, 2.45) is 0 Å². The number of ether oxygens (including phenoxy) is 1. The highest BCUT2D eigenvalue weighted by Gasteiger charge is 2.22. The Kier molecular flexibility index (Phi) is 5.99. The van der Waals surface area contributed by atoms with Crippen LogP contribution in [0.25, 0.3) is 11.3 Å². The second-order valence-electron chi connectivity index (χ2n) is 7.50. The van der Waals surface area contributed by atoms with Crippen molar-refractivity contribution in [3.63, 3.8) is 0 Å². The Bertz CT molecular complexity index is 1140. The average molecular weight is 426 g/mol. The molecule has 0 bridgehead atoms. The van der Waals surface area contributed by atoms with Gasteiger partial charge in [-0.05, 0) is 42.8 Å². The second kappa shape index (κ2) is 8.85. The second-order valence-corrected chi connectivity index (χ2v) is 7.50. The van der Waals surface area contributed by atoms with Gasteiger partial charge in [0.1, 0.15) is 11.5 Å². The SMILES string of the molecule is COc1ccc(-c2nn(Cc3ccc(F)cc3)c(=O)c(N3CCNCC3)c2C)cc1F. The Balaban J connectivity index is 1.86. The average Bonchev–Trinajstić information content (AvgIpc) is 2.78. The lowest BCUT2D eigenvalue weighted by molar-refractivity contribution is 0.386. The molecule has 4 rings (SSSR count). The molecule has 1 aliphatic heterocycles. The van der Waals surface area contributed by atoms with Crippen LogP contribution in [0.1, 0.15) is 11.1 Å². The van der Waals surface area contributed by atoms with Gasteiger partial charge >= 0.3 is 0 Å². The number of halogens is 2. The largest absolute Gasteiger partial charge is 0.494 e. The first-order valence-corrected chi connectivity index (χ1v) is 10.1. The minimum Gasteiger partial charge on any atom is -0.494 e. The van der Waals surface area contributed by atoms with E-state index in [1.165, 1.54) is 30.0 Å². The van der Waals surface area contributed by atoms with E-state index in [0.29, 0.717) is 35.6 Å². The minimum absolute atomic E-state index is 0.142. The first-order chi connectivity index (χ1) is 15.0. The molecule has 8 heteroatoms. The number of hydrogen-bond acceptors (Lipinski definition) is 5. The monoisotopic (exact) mass is 426 g/mol. The third-order valence-electron chi connectivity index (χ3n) is 5.47. The summed E-state index contributed by atoms with van der Waals surface area (Å²) in [5, 5.41) is 7.86. The Labute approximate surface area is 179 Å². The maximum Gasteiger partial charge on any atom is 0.290 e. The Morgan fingerprint density at radius 2 is 1.81 bits per heavy atom. The number of rotatable bonds is 5. The standard InChI is InChI=1S/C23H24F2N4O2/c1-15-21(17-5-8-20(31-2)19(25)13-17)27-29(14-16-3-6-18(24)7-4-16)23(30)22(15)28-11-9-26-10-12-28/h3-8,13,26H,9-12,14H2,1-2H3. The van der Waals surface area contributed by atoms with Crippen LogP contribution >= 0.6 is 0 Å². The van der Waals surface area contributed by atoms with Gasteiger partial charge in [0, 0.05) is 37.3 Å². The smallest absolute Gasteiger partial charge is 0.290 e. The highest BCUT2D eigenvalue weighted by Crippen LogP contribution is 2.29. The zero-order valence-electron chi connectivity index (χ0n) is 17.5. The van der Waals surface area contributed by atoms with Gasteiger partial charge in [-0.15, -0.1) is 0 Å². The molecule has 1 N–H and O–H groups in total. The van der Waals surface area contributed by atoms with Crippen LogP contribution in [0.2, 0.25) is 0 Å². The van der Waals surface area contributed by atoms with Gasteiger partial charge in [-0.25, -0.2) is 13.5 Å². The molecule has 0 amide bonds. The Morgan fingerprint density at radius 3 is 2.45 bits per heavy atom. The van der Waals surface area contributed by atoms with Crippen LogP contribution in [0.3, 0.4) is 0 Å². The minimum atomic E-state index is -0.499. The zero-order valence-corrected chi connectivity index (χ0v) is 17.5. The number of methoxy groups -OCH3 is 1. The highest BCUT2D eigenvalue weighted by molar-refractivity contribution is 5.70. The van der Waals surface area contributed by atoms with Crippen molar-refractivity contribution in [1.29, 1.82) is 0 Å². The maximum atomic E-state index is 14.4. The zero-order chi connectivity index (χ0) is 22.0. The molecule has 162 valence electrons. The fraction of sp³-hybridized carbons (Fsp3) is 0.304. The summed E-state index contributed by atoms with van der Waals surface area (Å²) in [6.45, 7) is 4.94. The lowest BCUT2D eigenvalue weighted by atomic mass is 10.0. The molecule has 31 heavy (non-hydrogen) atoms. The number of anilines is 1. The molecule has 1 fully saturated rings. The van der Waals surface area contributed by atoms with Gasteiger partial charge in [0.25, 0.3) is 5.56 Å². The molecular formula is C23H24F2N4O2. The van der Waals surface area contributed by atoms with E-state index in [-0.39, 0.29) is 23.7 Å². The summed E-state index contributed by atoms with van der Waals surface area (Å²) >= 11 is 0. The van der Waals surface area contributed by atoms with Crippen LogP contribution in [-0.2, 0) is 6.54 Å². The summed E-state index contributed by atoms with van der Waals surface area (Å²) in [5.41, 5.74) is 2.87. The number of piperazine rings is 1. The van der Waals surface area contributed by atoms with E-state index < -0.39 is 5.82 Å². The summed E-state index contributed by atoms with van der Waals surface area (Å²) in [4.78, 5) is 15.4. The van der Waals surface area contributed by atoms with Gasteiger partial charge < -0.3 is 15.0 Å². The molecule has 1 saturated heterocycles. The van der Waals surface area contributed by atoms with Gasteiger partial charge in [0.05, 0.1) is 19.3 Å². The summed E-state index contributed by atoms with van der Waals surface area (Å²) < 4.78 is 34.1. The van der Waals surface area contributed by atoms with E-state index in [1.54, 1.807) is 24.3 Å². The third-order valence-corrected chi connectivity index (χ3v) is 5.47. The number of hydrogen-bond donors (Lipinski definition) is 1. The molecule has 0 atom stereocenters. The fourth-order valence-electron chi connectivity index (χ4n) is 3.85. The van der Waals surface area contributed by atoms with E-state index in [0.717, 1.165) is 18.7 Å². The lowest BCUT2D eigenvalue weighted by Crippen LogP contribution is -2.46. The molecule has 2 heterocycles. The van der Waals surface area contributed by atoms with Crippen molar-refractivity contribution in [2.75, 3.05) is 38.2 Å². The summed E-state index contributed by atoms with van der Waals surface area (Å²) in [6, 6.07) is 10.6. The summed E-state index contributed by atoms with van der Waals surface area (Å²) in [5.74, 6) is -0.701. The van der Waals surface area contributed by atoms with Crippen molar-refractivity contribution in [3.8, 4) is 17.0 Å². The lowest BCUT2D eigenvalue weighted by Gasteiger charge is -2.31. The third kappa shape index (κ3) is 4.29. The maximum absolute atomic E-state index is 14.4. The van der Waals surface area contributed by atoms with Gasteiger partial charge in [0.15, 0.2) is 11.6 Å². The molecule has 2 aromatic carbocycles. The fourth-order valence-corrected chi connectivity index (χ4v) is 3.85. The molecule has 6 nitrogen and oxygen atoms in total. The molecule has 0 saturated carbocycles. The van der Waals surface area contributed by atoms with Crippen LogP contribution in [0.15, 0.2) is 47.3 Å². The topological polar surface area (TPSA) is 59.4 Å². The molecule has 1 aromatic heterocycles. The molecule has 0 aliphatic carbocycles. The Hall–Kier alpha value is -3.26. The predicted molar refractivity (Wildman–Crippen MR) is 116 cm³/mol. The van der Waals surface area contributed by atoms with Crippen molar-refractivity contribution in [2.45, 2.75) is 13.5 Å². The molecule has 0 unspecified atom stereocenters. The van der Waals surface area contributed by atoms with Crippen LogP contribution in [-0.4, -0.2) is 43.1 Å². The first-order valence-electron chi connectivity index (χ1n) is 10.1. The van der Waals surface area contributed by atoms with E-state index in [1.807, 2.05) is 11.8 Å². The van der Waals surface area contributed by atoms with Gasteiger partial charge in [0.2, 0.25) is 0 Å². The van der Waals surface area contributed by atoms with E-state index in [4.69, 9.17) is 4.74 Å². The normalized spacial score (nSPS) is 14.0. The van der Waals surface area contributed by atoms with Crippen molar-refractivity contribution < 1.29 is 13.5 Å².